The first-order valence-electron chi connectivity index (χ1n) is 8.45. The molecule has 3 aromatic rings. The molecule has 0 unspecified atom stereocenters. The molecule has 5 heteroatoms. The van der Waals surface area contributed by atoms with E-state index < -0.39 is 11.9 Å². The number of hydrogen-bond acceptors (Lipinski definition) is 3. The van der Waals surface area contributed by atoms with Crippen molar-refractivity contribution in [1.82, 2.24) is 0 Å². The van der Waals surface area contributed by atoms with Gasteiger partial charge in [-0.25, -0.2) is 0 Å². The van der Waals surface area contributed by atoms with E-state index in [4.69, 9.17) is 4.74 Å². The van der Waals surface area contributed by atoms with Crippen LogP contribution in [0.4, 0.5) is 5.69 Å². The summed E-state index contributed by atoms with van der Waals surface area (Å²) in [6.45, 7) is -0.346. The molecule has 0 heterocycles. The van der Waals surface area contributed by atoms with Crippen LogP contribution in [0.25, 0.3) is 0 Å². The minimum absolute atomic E-state index is 0.346. The van der Waals surface area contributed by atoms with Crippen LogP contribution in [0.15, 0.2) is 89.4 Å². The molecule has 0 atom stereocenters. The Bertz CT molecular complexity index is 874. The molecule has 3 aromatic carbocycles. The van der Waals surface area contributed by atoms with Gasteiger partial charge < -0.3 is 10.1 Å². The predicted octanol–water partition coefficient (Wildman–Crippen LogP) is 4.76. The summed E-state index contributed by atoms with van der Waals surface area (Å²) in [5.74, 6) is -1.43. The second-order valence-corrected chi connectivity index (χ2v) is 6.84. The van der Waals surface area contributed by atoms with Crippen molar-refractivity contribution in [3.8, 4) is 0 Å². The largest absolute Gasteiger partial charge is 0.455 e. The van der Waals surface area contributed by atoms with Crippen LogP contribution in [-0.4, -0.2) is 18.5 Å². The molecule has 0 saturated heterocycles. The van der Waals surface area contributed by atoms with Crippen molar-refractivity contribution in [2.75, 3.05) is 11.9 Å². The molecule has 0 aliphatic heterocycles. The summed E-state index contributed by atoms with van der Waals surface area (Å²) in [6, 6.07) is 26.0. The first-order chi connectivity index (χ1) is 13.1. The number of nitrogens with one attached hydrogen (secondary N) is 1. The summed E-state index contributed by atoms with van der Waals surface area (Å²) in [4.78, 5) is 24.9. The van der Waals surface area contributed by atoms with Crippen LogP contribution >= 0.6 is 15.9 Å². The minimum Gasteiger partial charge on any atom is -0.455 e. The van der Waals surface area contributed by atoms with E-state index in [-0.39, 0.29) is 12.5 Å². The molecule has 4 nitrogen and oxygen atoms in total. The van der Waals surface area contributed by atoms with E-state index in [0.717, 1.165) is 15.6 Å². The lowest BCUT2D eigenvalue weighted by atomic mass is 9.91. The number of anilines is 1. The molecule has 3 rings (SSSR count). The maximum absolute atomic E-state index is 12.7. The summed E-state index contributed by atoms with van der Waals surface area (Å²) >= 11 is 3.35. The van der Waals surface area contributed by atoms with E-state index >= 15 is 0 Å². The molecule has 0 bridgehead atoms. The average Bonchev–Trinajstić information content (AvgIpc) is 2.68. The van der Waals surface area contributed by atoms with Gasteiger partial charge in [-0.15, -0.1) is 0 Å². The number of carbonyl (C=O) groups excluding carboxylic acids is 2. The van der Waals surface area contributed by atoms with Gasteiger partial charge in [-0.3, -0.25) is 9.59 Å². The lowest BCUT2D eigenvalue weighted by molar-refractivity contribution is -0.147. The van der Waals surface area contributed by atoms with Crippen LogP contribution in [-0.2, 0) is 14.3 Å². The number of amides is 1. The highest BCUT2D eigenvalue weighted by Crippen LogP contribution is 2.26. The van der Waals surface area contributed by atoms with Crippen molar-refractivity contribution in [3.05, 3.63) is 101 Å². The summed E-state index contributed by atoms with van der Waals surface area (Å²) in [6.07, 6.45) is 0. The highest BCUT2D eigenvalue weighted by atomic mass is 79.9. The normalized spacial score (nSPS) is 10.4. The molecule has 0 saturated carbocycles. The highest BCUT2D eigenvalue weighted by Gasteiger charge is 2.24. The first kappa shape index (κ1) is 18.9. The monoisotopic (exact) mass is 423 g/mol. The topological polar surface area (TPSA) is 55.4 Å². The van der Waals surface area contributed by atoms with Crippen molar-refractivity contribution in [2.24, 2.45) is 0 Å². The Balaban J connectivity index is 1.69. The van der Waals surface area contributed by atoms with E-state index in [2.05, 4.69) is 21.2 Å². The molecule has 0 spiro atoms. The fourth-order valence-corrected chi connectivity index (χ4v) is 3.14. The Labute approximate surface area is 166 Å². The zero-order valence-electron chi connectivity index (χ0n) is 14.5. The fourth-order valence-electron chi connectivity index (χ4n) is 2.74. The lowest BCUT2D eigenvalue weighted by Gasteiger charge is -2.17. The summed E-state index contributed by atoms with van der Waals surface area (Å²) < 4.78 is 6.17. The van der Waals surface area contributed by atoms with Crippen molar-refractivity contribution >= 4 is 33.5 Å². The van der Waals surface area contributed by atoms with Gasteiger partial charge in [-0.1, -0.05) is 82.7 Å². The van der Waals surface area contributed by atoms with Crippen LogP contribution in [0.1, 0.15) is 17.0 Å². The second kappa shape index (κ2) is 9.14. The molecule has 0 radical (unpaired) electrons. The summed E-state index contributed by atoms with van der Waals surface area (Å²) in [5, 5.41) is 2.71. The molecular weight excluding hydrogens is 406 g/mol. The zero-order chi connectivity index (χ0) is 19.1. The second-order valence-electron chi connectivity index (χ2n) is 5.92. The summed E-state index contributed by atoms with van der Waals surface area (Å²) in [7, 11) is 0. The third-order valence-electron chi connectivity index (χ3n) is 3.96. The third-order valence-corrected chi connectivity index (χ3v) is 4.45. The van der Waals surface area contributed by atoms with Crippen molar-refractivity contribution in [3.63, 3.8) is 0 Å². The minimum atomic E-state index is -0.578. The summed E-state index contributed by atoms with van der Waals surface area (Å²) in [5.41, 5.74) is 2.27. The lowest BCUT2D eigenvalue weighted by Crippen LogP contribution is -2.24. The standard InChI is InChI=1S/C22H18BrNO3/c23-18-12-7-13-19(14-18)24-20(25)15-27-22(26)21(16-8-3-1-4-9-16)17-10-5-2-6-11-17/h1-14,21H,15H2,(H,24,25). The van der Waals surface area contributed by atoms with E-state index in [0.29, 0.717) is 5.69 Å². The molecule has 1 amide bonds. The third kappa shape index (κ3) is 5.28. The maximum Gasteiger partial charge on any atom is 0.318 e. The smallest absolute Gasteiger partial charge is 0.318 e. The number of halogens is 1. The van der Waals surface area contributed by atoms with Gasteiger partial charge in [0.25, 0.3) is 5.91 Å². The van der Waals surface area contributed by atoms with Gasteiger partial charge in [0.2, 0.25) is 0 Å². The van der Waals surface area contributed by atoms with Gasteiger partial charge in [0.15, 0.2) is 6.61 Å². The Morgan fingerprint density at radius 1 is 0.852 bits per heavy atom. The Hall–Kier alpha value is -2.92. The fraction of sp³-hybridized carbons (Fsp3) is 0.0909. The Morgan fingerprint density at radius 3 is 2.00 bits per heavy atom. The van der Waals surface area contributed by atoms with Gasteiger partial charge >= 0.3 is 5.97 Å². The molecule has 136 valence electrons. The average molecular weight is 424 g/mol. The van der Waals surface area contributed by atoms with E-state index in [1.54, 1.807) is 12.1 Å². The zero-order valence-corrected chi connectivity index (χ0v) is 16.1. The Kier molecular flexibility index (Phi) is 6.39. The van der Waals surface area contributed by atoms with Crippen LogP contribution < -0.4 is 5.32 Å². The van der Waals surface area contributed by atoms with Gasteiger partial charge in [0.05, 0.1) is 0 Å². The molecule has 0 aromatic heterocycles. The van der Waals surface area contributed by atoms with Crippen molar-refractivity contribution in [1.29, 1.82) is 0 Å². The van der Waals surface area contributed by atoms with Crippen LogP contribution in [0.3, 0.4) is 0 Å². The number of hydrogen-bond donors (Lipinski definition) is 1. The quantitative estimate of drug-likeness (QED) is 0.581. The molecular formula is C22H18BrNO3. The van der Waals surface area contributed by atoms with Crippen molar-refractivity contribution < 1.29 is 14.3 Å². The maximum atomic E-state index is 12.7. The van der Waals surface area contributed by atoms with Crippen molar-refractivity contribution in [2.45, 2.75) is 5.92 Å². The van der Waals surface area contributed by atoms with E-state index in [1.165, 1.54) is 0 Å². The Morgan fingerprint density at radius 2 is 1.44 bits per heavy atom. The number of ether oxygens (including phenoxy) is 1. The van der Waals surface area contributed by atoms with Gasteiger partial charge in [-0.05, 0) is 29.3 Å². The SMILES string of the molecule is O=C(COC(=O)C(c1ccccc1)c1ccccc1)Nc1cccc(Br)c1. The van der Waals surface area contributed by atoms with Gasteiger partial charge in [0, 0.05) is 10.2 Å². The number of esters is 1. The number of rotatable bonds is 6. The van der Waals surface area contributed by atoms with Gasteiger partial charge in [0.1, 0.15) is 5.92 Å². The van der Waals surface area contributed by atoms with E-state index in [1.807, 2.05) is 72.8 Å². The van der Waals surface area contributed by atoms with Gasteiger partial charge in [-0.2, -0.15) is 0 Å². The molecule has 0 fully saturated rings. The van der Waals surface area contributed by atoms with Crippen LogP contribution in [0.5, 0.6) is 0 Å². The first-order valence-corrected chi connectivity index (χ1v) is 9.25. The molecule has 1 N–H and O–H groups in total. The number of carbonyl (C=O) groups is 2. The molecule has 0 aliphatic carbocycles. The van der Waals surface area contributed by atoms with E-state index in [9.17, 15) is 9.59 Å². The molecule has 0 aliphatic rings. The number of benzene rings is 3. The van der Waals surface area contributed by atoms with Crippen LogP contribution in [0.2, 0.25) is 0 Å². The molecule has 27 heavy (non-hydrogen) atoms. The van der Waals surface area contributed by atoms with Crippen LogP contribution in [0, 0.1) is 0 Å². The predicted molar refractivity (Wildman–Crippen MR) is 108 cm³/mol. The highest BCUT2D eigenvalue weighted by molar-refractivity contribution is 9.10.